The molecule has 1 atom stereocenters. The lowest BCUT2D eigenvalue weighted by Gasteiger charge is -2.08. The average molecular weight is 215 g/mol. The van der Waals surface area contributed by atoms with Gasteiger partial charge in [-0.1, -0.05) is 17.7 Å². The predicted octanol–water partition coefficient (Wildman–Crippen LogP) is 1.87. The van der Waals surface area contributed by atoms with Crippen molar-refractivity contribution in [3.8, 4) is 0 Å². The molecule has 74 valence electrons. The molecule has 0 bridgehead atoms. The van der Waals surface area contributed by atoms with Crippen molar-refractivity contribution in [3.05, 3.63) is 34.6 Å². The van der Waals surface area contributed by atoms with Gasteiger partial charge < -0.3 is 10.5 Å². The maximum atomic E-state index is 13.4. The first-order valence-corrected chi connectivity index (χ1v) is 4.46. The van der Waals surface area contributed by atoms with Crippen LogP contribution in [0.2, 0.25) is 5.02 Å². The summed E-state index contributed by atoms with van der Waals surface area (Å²) >= 11 is 5.85. The maximum absolute atomic E-state index is 13.4. The Hall–Kier alpha value is -1.29. The zero-order chi connectivity index (χ0) is 10.1. The molecule has 0 aliphatic carbocycles. The minimum atomic E-state index is -0.427. The van der Waals surface area contributed by atoms with Crippen molar-refractivity contribution in [3.63, 3.8) is 0 Å². The largest absolute Gasteiger partial charge is 0.463 e. The van der Waals surface area contributed by atoms with Crippen LogP contribution in [-0.2, 0) is 4.74 Å². The molecule has 0 fully saturated rings. The summed E-state index contributed by atoms with van der Waals surface area (Å²) in [6.07, 6.45) is 0. The smallest absolute Gasteiger partial charge is 0.282 e. The molecule has 1 aliphatic rings. The van der Waals surface area contributed by atoms with Crippen LogP contribution >= 0.6 is 11.6 Å². The highest BCUT2D eigenvalue weighted by molar-refractivity contribution is 6.31. The zero-order valence-electron chi connectivity index (χ0n) is 7.21. The molecular weight excluding hydrogens is 207 g/mol. The zero-order valence-corrected chi connectivity index (χ0v) is 7.96. The Morgan fingerprint density at radius 3 is 2.93 bits per heavy atom. The fourth-order valence-electron chi connectivity index (χ4n) is 1.37. The van der Waals surface area contributed by atoms with Crippen molar-refractivity contribution < 1.29 is 9.13 Å². The third-order valence-corrected chi connectivity index (χ3v) is 2.33. The summed E-state index contributed by atoms with van der Waals surface area (Å²) in [7, 11) is 0. The first-order valence-electron chi connectivity index (χ1n) is 4.08. The van der Waals surface area contributed by atoms with Gasteiger partial charge in [0.15, 0.2) is 0 Å². The van der Waals surface area contributed by atoms with Crippen LogP contribution in [0.15, 0.2) is 23.2 Å². The minimum absolute atomic E-state index is 0.0781. The molecule has 2 rings (SSSR count). The van der Waals surface area contributed by atoms with Crippen molar-refractivity contribution in [1.82, 2.24) is 0 Å². The van der Waals surface area contributed by atoms with Crippen LogP contribution in [-0.4, -0.2) is 12.6 Å². The summed E-state index contributed by atoms with van der Waals surface area (Å²) in [5, 5.41) is 0.344. The molecule has 0 aromatic heterocycles. The molecule has 5 heteroatoms. The number of benzene rings is 1. The van der Waals surface area contributed by atoms with E-state index in [-0.39, 0.29) is 18.4 Å². The van der Waals surface area contributed by atoms with Gasteiger partial charge in [-0.25, -0.2) is 9.38 Å². The average Bonchev–Trinajstić information content (AvgIpc) is 2.51. The Morgan fingerprint density at radius 2 is 2.36 bits per heavy atom. The number of ether oxygens (including phenoxy) is 1. The Kier molecular flexibility index (Phi) is 2.29. The van der Waals surface area contributed by atoms with E-state index in [1.807, 2.05) is 0 Å². The second-order valence-corrected chi connectivity index (χ2v) is 3.34. The van der Waals surface area contributed by atoms with Gasteiger partial charge in [-0.2, -0.15) is 0 Å². The highest BCUT2D eigenvalue weighted by Crippen LogP contribution is 2.30. The van der Waals surface area contributed by atoms with Crippen molar-refractivity contribution in [2.45, 2.75) is 6.04 Å². The molecule has 0 amide bonds. The minimum Gasteiger partial charge on any atom is -0.463 e. The second-order valence-electron chi connectivity index (χ2n) is 2.93. The van der Waals surface area contributed by atoms with Gasteiger partial charge in [0.05, 0.1) is 0 Å². The molecule has 1 heterocycles. The molecule has 1 aromatic rings. The van der Waals surface area contributed by atoms with E-state index in [0.717, 1.165) is 0 Å². The summed E-state index contributed by atoms with van der Waals surface area (Å²) < 4.78 is 18.3. The molecule has 1 unspecified atom stereocenters. The molecule has 0 saturated carbocycles. The normalized spacial score (nSPS) is 20.4. The molecule has 14 heavy (non-hydrogen) atoms. The van der Waals surface area contributed by atoms with Crippen LogP contribution in [0, 0.1) is 5.82 Å². The number of hydrogen-bond acceptors (Lipinski definition) is 3. The Labute approximate surface area is 85.3 Å². The number of rotatable bonds is 1. The van der Waals surface area contributed by atoms with Crippen LogP contribution < -0.4 is 5.73 Å². The highest BCUT2D eigenvalue weighted by Gasteiger charge is 2.24. The van der Waals surface area contributed by atoms with Crippen LogP contribution in [0.1, 0.15) is 11.6 Å². The first kappa shape index (κ1) is 9.27. The molecule has 1 aromatic carbocycles. The van der Waals surface area contributed by atoms with Crippen LogP contribution in [0.5, 0.6) is 0 Å². The van der Waals surface area contributed by atoms with Crippen molar-refractivity contribution in [2.24, 2.45) is 10.7 Å². The van der Waals surface area contributed by atoms with Crippen LogP contribution in [0.3, 0.4) is 0 Å². The first-order chi connectivity index (χ1) is 6.68. The third kappa shape index (κ3) is 1.53. The lowest BCUT2D eigenvalue weighted by Crippen LogP contribution is -2.10. The predicted molar refractivity (Wildman–Crippen MR) is 51.7 cm³/mol. The molecule has 2 N–H and O–H groups in total. The van der Waals surface area contributed by atoms with Crippen molar-refractivity contribution in [1.29, 1.82) is 0 Å². The topological polar surface area (TPSA) is 47.6 Å². The molecule has 0 radical (unpaired) electrons. The van der Waals surface area contributed by atoms with Gasteiger partial charge >= 0.3 is 0 Å². The third-order valence-electron chi connectivity index (χ3n) is 2.01. The number of hydrogen-bond donors (Lipinski definition) is 1. The van der Waals surface area contributed by atoms with Gasteiger partial charge in [-0.05, 0) is 12.1 Å². The Balaban J connectivity index is 2.41. The van der Waals surface area contributed by atoms with Crippen LogP contribution in [0.25, 0.3) is 0 Å². The van der Waals surface area contributed by atoms with E-state index in [1.54, 1.807) is 12.1 Å². The molecular formula is C9H8ClFN2O. The summed E-state index contributed by atoms with van der Waals surface area (Å²) in [6, 6.07) is 4.15. The van der Waals surface area contributed by atoms with E-state index >= 15 is 0 Å². The number of halogens is 2. The van der Waals surface area contributed by atoms with Gasteiger partial charge in [0.25, 0.3) is 6.02 Å². The highest BCUT2D eigenvalue weighted by atomic mass is 35.5. The lowest BCUT2D eigenvalue weighted by molar-refractivity contribution is 0.312. The number of nitrogens with zero attached hydrogens (tertiary/aromatic N) is 1. The summed E-state index contributed by atoms with van der Waals surface area (Å²) in [4.78, 5) is 3.93. The summed E-state index contributed by atoms with van der Waals surface area (Å²) in [5.74, 6) is -0.385. The van der Waals surface area contributed by atoms with Gasteiger partial charge in [-0.3, -0.25) is 0 Å². The number of amidine groups is 1. The monoisotopic (exact) mass is 214 g/mol. The molecule has 0 spiro atoms. The van der Waals surface area contributed by atoms with E-state index in [2.05, 4.69) is 4.99 Å². The van der Waals surface area contributed by atoms with E-state index in [1.165, 1.54) is 6.07 Å². The van der Waals surface area contributed by atoms with Gasteiger partial charge in [-0.15, -0.1) is 0 Å². The second kappa shape index (κ2) is 3.46. The number of aliphatic imine (C=N–C) groups is 1. The van der Waals surface area contributed by atoms with Crippen molar-refractivity contribution in [2.75, 3.05) is 6.61 Å². The quantitative estimate of drug-likeness (QED) is 0.776. The summed E-state index contributed by atoms with van der Waals surface area (Å²) in [6.45, 7) is 0.243. The standard InChI is InChI=1S/C9H8ClFN2O/c10-5-2-1-3-6(11)8(5)7-4-14-9(12)13-7/h1-3,7H,4H2,(H2,12,13). The van der Waals surface area contributed by atoms with Gasteiger partial charge in [0, 0.05) is 10.6 Å². The molecule has 0 saturated heterocycles. The maximum Gasteiger partial charge on any atom is 0.282 e. The Bertz CT molecular complexity index is 374. The Morgan fingerprint density at radius 1 is 1.57 bits per heavy atom. The fourth-order valence-corrected chi connectivity index (χ4v) is 1.66. The fraction of sp³-hybridized carbons (Fsp3) is 0.222. The van der Waals surface area contributed by atoms with E-state index in [4.69, 9.17) is 22.1 Å². The van der Waals surface area contributed by atoms with E-state index < -0.39 is 6.04 Å². The number of nitrogens with two attached hydrogens (primary N) is 1. The lowest BCUT2D eigenvalue weighted by atomic mass is 10.1. The van der Waals surface area contributed by atoms with Crippen LogP contribution in [0.4, 0.5) is 4.39 Å². The SMILES string of the molecule is NC1=NC(c2c(F)cccc2Cl)CO1. The van der Waals surface area contributed by atoms with Gasteiger partial charge in [0.2, 0.25) is 0 Å². The van der Waals surface area contributed by atoms with Crippen molar-refractivity contribution >= 4 is 17.6 Å². The molecule has 1 aliphatic heterocycles. The van der Waals surface area contributed by atoms with E-state index in [9.17, 15) is 4.39 Å². The van der Waals surface area contributed by atoms with Gasteiger partial charge in [0.1, 0.15) is 18.5 Å². The summed E-state index contributed by atoms with van der Waals surface area (Å²) in [5.41, 5.74) is 5.67. The van der Waals surface area contributed by atoms with E-state index in [0.29, 0.717) is 10.6 Å². The molecule has 3 nitrogen and oxygen atoms in total.